The lowest BCUT2D eigenvalue weighted by Crippen LogP contribution is -2.20. The molecule has 0 aliphatic rings. The van der Waals surface area contributed by atoms with Crippen molar-refractivity contribution >= 4 is 17.1 Å². The van der Waals surface area contributed by atoms with Gasteiger partial charge in [-0.2, -0.15) is 5.26 Å². The number of rotatable bonds is 5. The van der Waals surface area contributed by atoms with Gasteiger partial charge in [-0.15, -0.1) is 0 Å². The molecule has 0 aromatic carbocycles. The van der Waals surface area contributed by atoms with Gasteiger partial charge in [-0.05, 0) is 19.1 Å². The van der Waals surface area contributed by atoms with Crippen molar-refractivity contribution in [2.75, 3.05) is 0 Å². The van der Waals surface area contributed by atoms with Crippen LogP contribution in [0.15, 0.2) is 28.5 Å². The Kier molecular flexibility index (Phi) is 4.60. The molecule has 0 spiro atoms. The van der Waals surface area contributed by atoms with Gasteiger partial charge in [-0.25, -0.2) is 4.39 Å². The van der Waals surface area contributed by atoms with Crippen LogP contribution in [0.25, 0.3) is 0 Å². The molecule has 2 aromatic heterocycles. The molecule has 0 radical (unpaired) electrons. The summed E-state index contributed by atoms with van der Waals surface area (Å²) in [6.07, 6.45) is 1.02. The summed E-state index contributed by atoms with van der Waals surface area (Å²) in [5.74, 6) is -1.90. The first kappa shape index (κ1) is 15.1. The second kappa shape index (κ2) is 6.41. The van der Waals surface area contributed by atoms with E-state index in [1.807, 2.05) is 6.07 Å². The number of pyridine rings is 1. The van der Waals surface area contributed by atoms with Gasteiger partial charge in [0, 0.05) is 24.0 Å². The highest BCUT2D eigenvalue weighted by molar-refractivity contribution is 7.07. The summed E-state index contributed by atoms with van der Waals surface area (Å²) in [6.45, 7) is 2.01. The maximum absolute atomic E-state index is 12.8. The summed E-state index contributed by atoms with van der Waals surface area (Å²) >= 11 is 1.07. The van der Waals surface area contributed by atoms with Crippen molar-refractivity contribution in [1.82, 2.24) is 9.55 Å². The molecule has 0 aliphatic heterocycles. The van der Waals surface area contributed by atoms with Crippen molar-refractivity contribution in [3.63, 3.8) is 0 Å². The molecule has 1 atom stereocenters. The molecule has 5 nitrogen and oxygen atoms in total. The fourth-order valence-corrected chi connectivity index (χ4v) is 2.66. The van der Waals surface area contributed by atoms with Gasteiger partial charge in [0.1, 0.15) is 11.7 Å². The smallest absolute Gasteiger partial charge is 0.303 e. The third kappa shape index (κ3) is 3.41. The molecule has 0 aliphatic carbocycles. The summed E-state index contributed by atoms with van der Waals surface area (Å²) in [4.78, 5) is 27.3. The van der Waals surface area contributed by atoms with Crippen LogP contribution in [0.2, 0.25) is 0 Å². The van der Waals surface area contributed by atoms with Crippen molar-refractivity contribution in [1.29, 1.82) is 5.26 Å². The highest BCUT2D eigenvalue weighted by Crippen LogP contribution is 2.16. The van der Waals surface area contributed by atoms with Gasteiger partial charge >= 0.3 is 4.87 Å². The summed E-state index contributed by atoms with van der Waals surface area (Å²) < 4.78 is 14.3. The molecular formula is C14H12FN3O2S. The van der Waals surface area contributed by atoms with E-state index in [1.54, 1.807) is 12.3 Å². The molecular weight excluding hydrogens is 293 g/mol. The first-order chi connectivity index (χ1) is 10.0. The topological polar surface area (TPSA) is 75.8 Å². The molecule has 2 heterocycles. The number of aryl methyl sites for hydroxylation is 1. The second-order valence-corrected chi connectivity index (χ2v) is 5.29. The number of carbonyl (C=O) groups is 1. The number of nitriles is 1. The minimum absolute atomic E-state index is 0.0504. The van der Waals surface area contributed by atoms with Crippen LogP contribution in [0.1, 0.15) is 23.7 Å². The maximum Gasteiger partial charge on any atom is 0.307 e. The van der Waals surface area contributed by atoms with Crippen LogP contribution < -0.4 is 4.87 Å². The predicted octanol–water partition coefficient (Wildman–Crippen LogP) is 2.02. The van der Waals surface area contributed by atoms with E-state index in [-0.39, 0.29) is 29.3 Å². The maximum atomic E-state index is 12.8. The van der Waals surface area contributed by atoms with Gasteiger partial charge in [-0.1, -0.05) is 11.3 Å². The minimum Gasteiger partial charge on any atom is -0.303 e. The minimum atomic E-state index is -1.04. The Bertz CT molecular complexity index is 743. The standard InChI is InChI=1S/C14H12FN3O2S/c1-9-8-21-14(20)18(9)5-4-13(19)11(6-16)12-3-2-10(15)7-17-12/h2-3,7-8,11H,4-5H2,1H3/t11-/m0/s1. The predicted molar refractivity (Wildman–Crippen MR) is 75.5 cm³/mol. The van der Waals surface area contributed by atoms with Crippen molar-refractivity contribution in [3.05, 3.63) is 50.6 Å². The van der Waals surface area contributed by atoms with E-state index in [1.165, 1.54) is 10.6 Å². The van der Waals surface area contributed by atoms with Crippen molar-refractivity contribution in [2.45, 2.75) is 25.8 Å². The molecule has 7 heteroatoms. The van der Waals surface area contributed by atoms with Crippen LogP contribution in [0, 0.1) is 24.1 Å². The van der Waals surface area contributed by atoms with Crippen LogP contribution in [0.5, 0.6) is 0 Å². The van der Waals surface area contributed by atoms with E-state index >= 15 is 0 Å². The Labute approximate surface area is 124 Å². The number of halogens is 1. The first-order valence-electron chi connectivity index (χ1n) is 6.21. The Morgan fingerprint density at radius 2 is 2.33 bits per heavy atom. The van der Waals surface area contributed by atoms with Crippen LogP contribution in [0.3, 0.4) is 0 Å². The number of hydrogen-bond acceptors (Lipinski definition) is 5. The number of Topliss-reactive ketones (excluding diaryl/α,β-unsaturated/α-hetero) is 1. The van der Waals surface area contributed by atoms with Gasteiger partial charge in [0.15, 0.2) is 5.78 Å². The van der Waals surface area contributed by atoms with Crippen molar-refractivity contribution in [3.8, 4) is 6.07 Å². The van der Waals surface area contributed by atoms with Crippen LogP contribution in [0.4, 0.5) is 4.39 Å². The molecule has 21 heavy (non-hydrogen) atoms. The van der Waals surface area contributed by atoms with E-state index < -0.39 is 11.7 Å². The molecule has 2 aromatic rings. The number of ketones is 1. The Morgan fingerprint density at radius 3 is 2.86 bits per heavy atom. The highest BCUT2D eigenvalue weighted by atomic mass is 32.1. The zero-order valence-electron chi connectivity index (χ0n) is 11.2. The van der Waals surface area contributed by atoms with Crippen LogP contribution in [-0.2, 0) is 11.3 Å². The van der Waals surface area contributed by atoms with Gasteiger partial charge in [0.2, 0.25) is 0 Å². The van der Waals surface area contributed by atoms with E-state index in [2.05, 4.69) is 4.98 Å². The van der Waals surface area contributed by atoms with Gasteiger partial charge in [0.05, 0.1) is 18.0 Å². The molecule has 0 saturated carbocycles. The number of aromatic nitrogens is 2. The fourth-order valence-electron chi connectivity index (χ4n) is 1.90. The zero-order chi connectivity index (χ0) is 15.4. The Morgan fingerprint density at radius 1 is 1.57 bits per heavy atom. The SMILES string of the molecule is Cc1csc(=O)n1CCC(=O)[C@@H](C#N)c1ccc(F)cn1. The molecule has 108 valence electrons. The monoisotopic (exact) mass is 305 g/mol. The summed E-state index contributed by atoms with van der Waals surface area (Å²) in [7, 11) is 0. The third-order valence-electron chi connectivity index (χ3n) is 3.06. The Balaban J connectivity index is 2.10. The summed E-state index contributed by atoms with van der Waals surface area (Å²) in [6, 6.07) is 4.36. The van der Waals surface area contributed by atoms with Gasteiger partial charge < -0.3 is 4.57 Å². The van der Waals surface area contributed by atoms with Crippen molar-refractivity contribution in [2.24, 2.45) is 0 Å². The molecule has 2 rings (SSSR count). The lowest BCUT2D eigenvalue weighted by molar-refractivity contribution is -0.119. The van der Waals surface area contributed by atoms with E-state index in [0.717, 1.165) is 29.3 Å². The van der Waals surface area contributed by atoms with Crippen molar-refractivity contribution < 1.29 is 9.18 Å². The number of carbonyl (C=O) groups excluding carboxylic acids is 1. The van der Waals surface area contributed by atoms with Crippen LogP contribution in [-0.4, -0.2) is 15.3 Å². The molecule has 0 N–H and O–H groups in total. The number of nitrogens with zero attached hydrogens (tertiary/aromatic N) is 3. The first-order valence-corrected chi connectivity index (χ1v) is 7.09. The molecule has 0 saturated heterocycles. The average Bonchev–Trinajstić information content (AvgIpc) is 2.78. The second-order valence-electron chi connectivity index (χ2n) is 4.47. The number of hydrogen-bond donors (Lipinski definition) is 0. The molecule has 0 bridgehead atoms. The molecule has 0 fully saturated rings. The van der Waals surface area contributed by atoms with Gasteiger partial charge in [0.25, 0.3) is 0 Å². The quantitative estimate of drug-likeness (QED) is 0.847. The van der Waals surface area contributed by atoms with E-state index in [9.17, 15) is 14.0 Å². The number of thiazole rings is 1. The third-order valence-corrected chi connectivity index (χ3v) is 3.94. The molecule has 0 unspecified atom stereocenters. The van der Waals surface area contributed by atoms with Crippen LogP contribution >= 0.6 is 11.3 Å². The Hall–Kier alpha value is -2.33. The lowest BCUT2D eigenvalue weighted by Gasteiger charge is -2.08. The zero-order valence-corrected chi connectivity index (χ0v) is 12.1. The van der Waals surface area contributed by atoms with E-state index in [0.29, 0.717) is 0 Å². The lowest BCUT2D eigenvalue weighted by atomic mass is 9.99. The fraction of sp³-hybridized carbons (Fsp3) is 0.286. The van der Waals surface area contributed by atoms with E-state index in [4.69, 9.17) is 5.26 Å². The molecule has 0 amide bonds. The highest BCUT2D eigenvalue weighted by Gasteiger charge is 2.21. The largest absolute Gasteiger partial charge is 0.307 e. The summed E-state index contributed by atoms with van der Waals surface area (Å²) in [5.41, 5.74) is 1.00. The summed E-state index contributed by atoms with van der Waals surface area (Å²) in [5, 5.41) is 10.8. The average molecular weight is 305 g/mol. The normalized spacial score (nSPS) is 11.9. The van der Waals surface area contributed by atoms with Gasteiger partial charge in [-0.3, -0.25) is 14.6 Å².